The van der Waals surface area contributed by atoms with E-state index in [1.807, 2.05) is 0 Å². The molecule has 2 atom stereocenters. The topological polar surface area (TPSA) is 0 Å². The maximum Gasteiger partial charge on any atom is 0.0233 e. The number of alkyl halides is 1. The molecule has 2 unspecified atom stereocenters. The molecule has 0 aliphatic carbocycles. The van der Waals surface area contributed by atoms with Crippen LogP contribution in [0.4, 0.5) is 0 Å². The highest BCUT2D eigenvalue weighted by Crippen LogP contribution is 2.29. The minimum atomic E-state index is 0.659. The van der Waals surface area contributed by atoms with Gasteiger partial charge in [-0.05, 0) is 12.3 Å². The van der Waals surface area contributed by atoms with E-state index in [-0.39, 0.29) is 0 Å². The number of hydrogen-bond acceptors (Lipinski definition) is 0. The van der Waals surface area contributed by atoms with Gasteiger partial charge in [0, 0.05) is 13.3 Å². The molecule has 0 N–H and O–H groups in total. The van der Waals surface area contributed by atoms with Crippen molar-refractivity contribution >= 4 is 32.8 Å². The van der Waals surface area contributed by atoms with Crippen LogP contribution in [0.2, 0.25) is 0 Å². The largest absolute Gasteiger partial charge is 0.0832 e. The molecule has 0 amide bonds. The van der Waals surface area contributed by atoms with Crippen LogP contribution in [0.3, 0.4) is 0 Å². The Hall–Kier alpha value is 0.947. The first kappa shape index (κ1) is 9.95. The lowest BCUT2D eigenvalue weighted by Gasteiger charge is -2.27. The number of rotatable bonds is 3. The highest BCUT2D eigenvalue weighted by molar-refractivity contribution is 14.1. The van der Waals surface area contributed by atoms with Crippen molar-refractivity contribution in [3.8, 4) is 0 Å². The third kappa shape index (κ3) is 3.03. The Labute approximate surface area is 75.4 Å². The van der Waals surface area contributed by atoms with Crippen molar-refractivity contribution in [2.45, 2.75) is 36.7 Å². The molecule has 0 aromatic rings. The van der Waals surface area contributed by atoms with Gasteiger partial charge in [0.05, 0.1) is 0 Å². The van der Waals surface area contributed by atoms with Crippen LogP contribution in [0.25, 0.3) is 0 Å². The molecule has 0 fully saturated rings. The Balaban J connectivity index is 3.80. The van der Waals surface area contributed by atoms with E-state index >= 15 is 0 Å². The summed E-state index contributed by atoms with van der Waals surface area (Å²) in [6.07, 6.45) is 2.68. The Bertz CT molecular complexity index is 81.0. The maximum atomic E-state index is 2.63. The zero-order valence-corrected chi connectivity index (χ0v) is 11.0. The van der Waals surface area contributed by atoms with Crippen molar-refractivity contribution in [1.29, 1.82) is 0 Å². The van der Waals surface area contributed by atoms with Crippen molar-refractivity contribution in [1.82, 2.24) is 0 Å². The molecule has 0 rings (SSSR count). The fourth-order valence-electron chi connectivity index (χ4n) is 0.774. The molecule has 0 saturated heterocycles. The van der Waals surface area contributed by atoms with Crippen LogP contribution in [-0.2, 0) is 0 Å². The Morgan fingerprint density at radius 1 is 1.56 bits per heavy atom. The quantitative estimate of drug-likeness (QED) is 0.411. The average molecular weight is 256 g/mol. The van der Waals surface area contributed by atoms with Gasteiger partial charge in [-0.25, -0.2) is 0 Å². The van der Waals surface area contributed by atoms with Crippen molar-refractivity contribution in [2.24, 2.45) is 5.92 Å². The molecule has 2 heteroatoms. The lowest BCUT2D eigenvalue weighted by Crippen LogP contribution is -2.28. The van der Waals surface area contributed by atoms with E-state index in [1.165, 1.54) is 23.1 Å². The van der Waals surface area contributed by atoms with Gasteiger partial charge in [-0.3, -0.25) is 0 Å². The van der Waals surface area contributed by atoms with Crippen LogP contribution in [0, 0.1) is 5.92 Å². The average Bonchev–Trinajstić information content (AvgIpc) is 1.86. The van der Waals surface area contributed by atoms with Crippen molar-refractivity contribution < 1.29 is 0 Å². The van der Waals surface area contributed by atoms with Crippen molar-refractivity contribution in [2.75, 3.05) is 0 Å². The molecule has 0 saturated carbocycles. The van der Waals surface area contributed by atoms with E-state index in [9.17, 15) is 0 Å². The predicted octanol–water partition coefficient (Wildman–Crippen LogP) is 1.94. The Kier molecular flexibility index (Phi) is 4.38. The summed E-state index contributed by atoms with van der Waals surface area (Å²) in [5.74, 6) is 0.912. The lowest BCUT2D eigenvalue weighted by molar-refractivity contribution is 0.501. The first-order valence-corrected chi connectivity index (χ1v) is 5.81. The van der Waals surface area contributed by atoms with Gasteiger partial charge < -0.3 is 0 Å². The van der Waals surface area contributed by atoms with E-state index in [4.69, 9.17) is 0 Å². The van der Waals surface area contributed by atoms with E-state index in [0.717, 1.165) is 5.92 Å². The van der Waals surface area contributed by atoms with Crippen LogP contribution >= 0.6 is 22.6 Å². The van der Waals surface area contributed by atoms with E-state index in [0.29, 0.717) is 3.04 Å². The third-order valence-electron chi connectivity index (χ3n) is 2.33. The van der Waals surface area contributed by atoms with E-state index < -0.39 is 0 Å². The third-order valence-corrected chi connectivity index (χ3v) is 5.85. The number of hydrogen-bond donors (Lipinski definition) is 0. The second kappa shape index (κ2) is 3.96. The summed E-state index contributed by atoms with van der Waals surface area (Å²) in [5, 5.41) is 0. The Morgan fingerprint density at radius 2 is 2.00 bits per heavy atom. The van der Waals surface area contributed by atoms with Crippen LogP contribution in [0.1, 0.15) is 33.6 Å². The molecule has 0 aliphatic heterocycles. The summed E-state index contributed by atoms with van der Waals surface area (Å²) < 4.78 is 0.659. The summed E-state index contributed by atoms with van der Waals surface area (Å²) in [4.78, 5) is 0. The van der Waals surface area contributed by atoms with Crippen molar-refractivity contribution in [3.63, 3.8) is 0 Å². The van der Waals surface area contributed by atoms with E-state index in [1.54, 1.807) is 0 Å². The molecule has 0 bridgehead atoms. The summed E-state index contributed by atoms with van der Waals surface area (Å²) in [6.45, 7) is 6.94. The maximum absolute atomic E-state index is 2.63. The van der Waals surface area contributed by atoms with Gasteiger partial charge in [0.15, 0.2) is 0 Å². The second-order valence-electron chi connectivity index (χ2n) is 2.94. The van der Waals surface area contributed by atoms with Gasteiger partial charge in [-0.1, -0.05) is 49.8 Å². The summed E-state index contributed by atoms with van der Waals surface area (Å²) in [5.41, 5.74) is 0. The van der Waals surface area contributed by atoms with Gasteiger partial charge in [-0.2, -0.15) is 0 Å². The van der Waals surface area contributed by atoms with Crippen LogP contribution in [0.5, 0.6) is 0 Å². The Morgan fingerprint density at radius 3 is 2.11 bits per heavy atom. The van der Waals surface area contributed by atoms with Gasteiger partial charge in [-0.15, -0.1) is 0 Å². The standard InChI is InChI=1S/C7H17ISi/c1-4-6(3)7(8,9)5-2/h6H,4-5H2,1-3,9H3. The minimum absolute atomic E-state index is 0.659. The molecular weight excluding hydrogens is 239 g/mol. The first-order valence-electron chi connectivity index (χ1n) is 3.73. The molecule has 0 radical (unpaired) electrons. The monoisotopic (exact) mass is 256 g/mol. The lowest BCUT2D eigenvalue weighted by atomic mass is 10.0. The van der Waals surface area contributed by atoms with Crippen LogP contribution in [0.15, 0.2) is 0 Å². The first-order chi connectivity index (χ1) is 4.04. The van der Waals surface area contributed by atoms with Crippen LogP contribution in [-0.4, -0.2) is 13.3 Å². The van der Waals surface area contributed by atoms with Crippen LogP contribution < -0.4 is 0 Å². The molecule has 0 aliphatic rings. The fourth-order valence-corrected chi connectivity index (χ4v) is 1.62. The summed E-state index contributed by atoms with van der Waals surface area (Å²) in [7, 11) is 1.33. The second-order valence-corrected chi connectivity index (χ2v) is 9.23. The molecule has 0 heterocycles. The highest BCUT2D eigenvalue weighted by atomic mass is 127. The zero-order chi connectivity index (χ0) is 7.49. The molecule has 0 spiro atoms. The summed E-state index contributed by atoms with van der Waals surface area (Å²) >= 11 is 2.63. The molecule has 56 valence electrons. The van der Waals surface area contributed by atoms with Gasteiger partial charge >= 0.3 is 0 Å². The SMILES string of the molecule is CCC(C)C([SiH3])(I)CC. The number of halogens is 1. The smallest absolute Gasteiger partial charge is 0.0233 e. The zero-order valence-electron chi connectivity index (χ0n) is 6.87. The predicted molar refractivity (Wildman–Crippen MR) is 56.4 cm³/mol. The molecule has 0 nitrogen and oxygen atoms in total. The van der Waals surface area contributed by atoms with Gasteiger partial charge in [0.1, 0.15) is 0 Å². The molecule has 9 heavy (non-hydrogen) atoms. The normalized spacial score (nSPS) is 21.3. The minimum Gasteiger partial charge on any atom is -0.0832 e. The van der Waals surface area contributed by atoms with Crippen molar-refractivity contribution in [3.05, 3.63) is 0 Å². The highest BCUT2D eigenvalue weighted by Gasteiger charge is 2.23. The van der Waals surface area contributed by atoms with Gasteiger partial charge in [0.25, 0.3) is 0 Å². The molecule has 0 aromatic heterocycles. The summed E-state index contributed by atoms with van der Waals surface area (Å²) in [6, 6.07) is 0. The molecular formula is C7H17ISi. The van der Waals surface area contributed by atoms with Gasteiger partial charge in [0.2, 0.25) is 0 Å². The fraction of sp³-hybridized carbons (Fsp3) is 1.00. The molecule has 0 aromatic carbocycles. The van der Waals surface area contributed by atoms with E-state index in [2.05, 4.69) is 43.4 Å².